The number of rotatable bonds is 13. The Bertz CT molecular complexity index is 1520. The van der Waals surface area contributed by atoms with Gasteiger partial charge in [0.25, 0.3) is 0 Å². The summed E-state index contributed by atoms with van der Waals surface area (Å²) >= 11 is 0. The predicted octanol–water partition coefficient (Wildman–Crippen LogP) is 0.382. The Morgan fingerprint density at radius 2 is 1.54 bits per heavy atom. The summed E-state index contributed by atoms with van der Waals surface area (Å²) in [6, 6.07) is 4.40. The number of imidazole rings is 1. The van der Waals surface area contributed by atoms with Crippen molar-refractivity contribution in [1.29, 1.82) is 0 Å². The van der Waals surface area contributed by atoms with Crippen molar-refractivity contribution in [3.05, 3.63) is 47.5 Å². The van der Waals surface area contributed by atoms with Gasteiger partial charge in [0.05, 0.1) is 32.3 Å². The largest absolute Gasteiger partial charge is 0.471 e. The normalized spacial score (nSPS) is 20.1. The van der Waals surface area contributed by atoms with E-state index in [2.05, 4.69) is 28.5 Å². The number of aliphatic hydroxyl groups is 1. The fraction of sp³-hybridized carbons (Fsp3) is 0.421. The zero-order valence-electron chi connectivity index (χ0n) is 20.7. The summed E-state index contributed by atoms with van der Waals surface area (Å²) < 4.78 is 59.6. The summed E-state index contributed by atoms with van der Waals surface area (Å²) in [5.41, 5.74) is 1.34. The van der Waals surface area contributed by atoms with Crippen molar-refractivity contribution in [2.75, 3.05) is 6.61 Å². The van der Waals surface area contributed by atoms with E-state index in [9.17, 15) is 18.8 Å². The maximum Gasteiger partial charge on any atom is 0.469 e. The van der Waals surface area contributed by atoms with Crippen molar-refractivity contribution in [1.82, 2.24) is 19.5 Å². The number of nitrogens with zero attached hydrogens (tertiary/aromatic N) is 4. The highest BCUT2D eigenvalue weighted by molar-refractivity contribution is 7.46. The monoisotopic (exact) mass is 642 g/mol. The molecule has 0 bridgehead atoms. The van der Waals surface area contributed by atoms with Crippen molar-refractivity contribution in [3.8, 4) is 5.88 Å². The van der Waals surface area contributed by atoms with Crippen molar-refractivity contribution in [2.24, 2.45) is 0 Å². The van der Waals surface area contributed by atoms with Gasteiger partial charge in [-0.15, -0.1) is 0 Å². The lowest BCUT2D eigenvalue weighted by molar-refractivity contribution is -0.0424. The molecule has 1 aromatic carbocycles. The molecule has 226 valence electrons. The van der Waals surface area contributed by atoms with Crippen LogP contribution in [0.15, 0.2) is 30.9 Å². The number of phosphoric acid groups is 3. The van der Waals surface area contributed by atoms with Crippen LogP contribution in [0.25, 0.3) is 11.2 Å². The van der Waals surface area contributed by atoms with E-state index in [-0.39, 0.29) is 41.2 Å². The van der Waals surface area contributed by atoms with Crippen LogP contribution in [0.2, 0.25) is 0 Å². The van der Waals surface area contributed by atoms with Crippen LogP contribution in [0.4, 0.5) is 0 Å². The lowest BCUT2D eigenvalue weighted by atomic mass is 10.1. The first-order chi connectivity index (χ1) is 19.1. The van der Waals surface area contributed by atoms with E-state index >= 15 is 0 Å². The molecule has 1 aliphatic rings. The van der Waals surface area contributed by atoms with Gasteiger partial charge in [-0.25, -0.2) is 23.7 Å². The molecule has 7 N–H and O–H groups in total. The molecule has 3 aromatic rings. The highest BCUT2D eigenvalue weighted by atomic mass is 31.2. The number of ether oxygens (including phenoxy) is 2. The highest BCUT2D eigenvalue weighted by Gasteiger charge is 2.37. The fourth-order valence-electron chi connectivity index (χ4n) is 3.86. The molecule has 41 heavy (non-hydrogen) atoms. The minimum absolute atomic E-state index is 0.0515. The molecule has 3 atom stereocenters. The molecule has 2 aromatic heterocycles. The Morgan fingerprint density at radius 1 is 0.878 bits per heavy atom. The summed E-state index contributed by atoms with van der Waals surface area (Å²) in [7, 11) is -14.4. The molecule has 0 saturated carbocycles. The molecule has 1 aliphatic heterocycles. The van der Waals surface area contributed by atoms with Crippen LogP contribution < -0.4 is 4.74 Å². The zero-order chi connectivity index (χ0) is 30.0. The molecule has 0 unspecified atom stereocenters. The van der Waals surface area contributed by atoms with Gasteiger partial charge in [0.1, 0.15) is 25.3 Å². The Hall–Kier alpha value is -2.18. The van der Waals surface area contributed by atoms with Crippen LogP contribution in [0.5, 0.6) is 5.88 Å². The second-order valence-electron chi connectivity index (χ2n) is 8.64. The van der Waals surface area contributed by atoms with Gasteiger partial charge in [0.2, 0.25) is 5.88 Å². The maximum absolute atomic E-state index is 11.2. The van der Waals surface area contributed by atoms with Crippen molar-refractivity contribution >= 4 is 34.6 Å². The Kier molecular flexibility index (Phi) is 9.75. The number of hydrogen-bond acceptors (Lipinski definition) is 12. The van der Waals surface area contributed by atoms with E-state index in [4.69, 9.17) is 38.8 Å². The maximum atomic E-state index is 11.2. The van der Waals surface area contributed by atoms with Gasteiger partial charge in [-0.1, -0.05) is 12.1 Å². The van der Waals surface area contributed by atoms with Crippen molar-refractivity contribution in [3.63, 3.8) is 0 Å². The second kappa shape index (κ2) is 12.6. The minimum atomic E-state index is -4.86. The van der Waals surface area contributed by atoms with E-state index < -0.39 is 61.7 Å². The zero-order valence-corrected chi connectivity index (χ0v) is 23.4. The molecule has 4 rings (SSSR count). The molecule has 3 heterocycles. The van der Waals surface area contributed by atoms with Gasteiger partial charge in [-0.2, -0.15) is 4.98 Å². The number of hydrogen-bond donors (Lipinski definition) is 7. The third-order valence-corrected chi connectivity index (χ3v) is 7.09. The lowest BCUT2D eigenvalue weighted by Crippen LogP contribution is -2.25. The standard InChI is InChI=1S/C19H25N4O15P3/c24-14-4-16(38-15(14)8-37-41(31,32)33)23-10-22-17-18(23)20-9-21-19(17)34-5-11-1-2-12(6-35-39(25,26)27)13(3-11)7-36-40(28,29)30/h1-3,9-10,14-16,24H,4-8H2,(H2,25,26,27)(H2,28,29,30)(H2,31,32,33)/t14-,15+,16+/m0/s1. The number of aliphatic hydroxyl groups excluding tert-OH is 1. The summed E-state index contributed by atoms with van der Waals surface area (Å²) in [6.45, 7) is -1.81. The fourth-order valence-corrected chi connectivity index (χ4v) is 4.81. The first kappa shape index (κ1) is 31.7. The van der Waals surface area contributed by atoms with Crippen LogP contribution in [-0.2, 0) is 51.8 Å². The summed E-state index contributed by atoms with van der Waals surface area (Å²) in [5.74, 6) is 0.0515. The Balaban J connectivity index is 1.49. The first-order valence-electron chi connectivity index (χ1n) is 11.4. The number of aromatic nitrogens is 4. The molecule has 22 heteroatoms. The van der Waals surface area contributed by atoms with Gasteiger partial charge < -0.3 is 43.9 Å². The SMILES string of the molecule is O=P(O)(O)OCc1ccc(COc2ncnc3c2ncn3[C@H]2C[C@H](O)[C@@H](COP(=O)(O)O)O2)cc1COP(=O)(O)O. The summed E-state index contributed by atoms with van der Waals surface area (Å²) in [6.07, 6.45) is -0.275. The van der Waals surface area contributed by atoms with Crippen LogP contribution in [-0.4, -0.2) is 72.8 Å². The van der Waals surface area contributed by atoms with Crippen LogP contribution in [0, 0.1) is 0 Å². The molecule has 0 spiro atoms. The van der Waals surface area contributed by atoms with Crippen molar-refractivity contribution < 1.29 is 71.2 Å². The number of phosphoric ester groups is 3. The average molecular weight is 642 g/mol. The lowest BCUT2D eigenvalue weighted by Gasteiger charge is -2.16. The van der Waals surface area contributed by atoms with Crippen LogP contribution in [0.3, 0.4) is 0 Å². The van der Waals surface area contributed by atoms with Crippen LogP contribution >= 0.6 is 23.5 Å². The molecule has 0 amide bonds. The molecular weight excluding hydrogens is 617 g/mol. The first-order valence-corrected chi connectivity index (χ1v) is 16.0. The summed E-state index contributed by atoms with van der Waals surface area (Å²) in [4.78, 5) is 66.3. The van der Waals surface area contributed by atoms with Gasteiger partial charge in [0.15, 0.2) is 11.2 Å². The van der Waals surface area contributed by atoms with Gasteiger partial charge in [-0.05, 0) is 22.8 Å². The average Bonchev–Trinajstić information content (AvgIpc) is 3.46. The van der Waals surface area contributed by atoms with Crippen LogP contribution in [0.1, 0.15) is 29.3 Å². The molecule has 0 aliphatic carbocycles. The Morgan fingerprint density at radius 3 is 2.20 bits per heavy atom. The number of fused-ring (bicyclic) bond motifs is 1. The highest BCUT2D eigenvalue weighted by Crippen LogP contribution is 2.40. The van der Waals surface area contributed by atoms with Gasteiger partial charge >= 0.3 is 23.5 Å². The molecule has 0 radical (unpaired) electrons. The predicted molar refractivity (Wildman–Crippen MR) is 132 cm³/mol. The number of benzene rings is 1. The van der Waals surface area contributed by atoms with Gasteiger partial charge in [0, 0.05) is 6.42 Å². The molecular formula is C19H25N4O15P3. The topological polar surface area (TPSA) is 283 Å². The third-order valence-electron chi connectivity index (χ3n) is 5.67. The Labute approximate surface area is 230 Å². The molecule has 19 nitrogen and oxygen atoms in total. The second-order valence-corrected chi connectivity index (χ2v) is 12.4. The third kappa shape index (κ3) is 9.15. The quantitative estimate of drug-likeness (QED) is 0.124. The molecule has 1 fully saturated rings. The van der Waals surface area contributed by atoms with E-state index in [1.165, 1.54) is 35.4 Å². The van der Waals surface area contributed by atoms with E-state index in [0.29, 0.717) is 5.56 Å². The van der Waals surface area contributed by atoms with E-state index in [1.807, 2.05) is 0 Å². The van der Waals surface area contributed by atoms with Crippen molar-refractivity contribution in [2.45, 2.75) is 44.7 Å². The minimum Gasteiger partial charge on any atom is -0.471 e. The summed E-state index contributed by atoms with van der Waals surface area (Å²) in [5, 5.41) is 10.2. The van der Waals surface area contributed by atoms with Gasteiger partial charge in [-0.3, -0.25) is 18.1 Å². The smallest absolute Gasteiger partial charge is 0.469 e. The van der Waals surface area contributed by atoms with E-state index in [1.54, 1.807) is 0 Å². The molecule has 1 saturated heterocycles. The van der Waals surface area contributed by atoms with E-state index in [0.717, 1.165) is 0 Å².